The molecule has 1 N–H and O–H groups in total. The Hall–Kier alpha value is -1.02. The lowest BCUT2D eigenvalue weighted by molar-refractivity contribution is -0.113. The molecule has 1 unspecified atom stereocenters. The van der Waals surface area contributed by atoms with Crippen molar-refractivity contribution < 1.29 is 4.79 Å². The number of benzene rings is 1. The van der Waals surface area contributed by atoms with Crippen LogP contribution in [0.5, 0.6) is 0 Å². The van der Waals surface area contributed by atoms with E-state index in [1.54, 1.807) is 0 Å². The summed E-state index contributed by atoms with van der Waals surface area (Å²) in [5, 5.41) is 2.93. The number of hydrogen-bond donors (Lipinski definition) is 1. The summed E-state index contributed by atoms with van der Waals surface area (Å²) in [5.41, 5.74) is 4.53. The van der Waals surface area contributed by atoms with Gasteiger partial charge >= 0.3 is 0 Å². The van der Waals surface area contributed by atoms with Gasteiger partial charge in [0.25, 0.3) is 0 Å². The molecule has 0 heterocycles. The van der Waals surface area contributed by atoms with Crippen LogP contribution >= 0.6 is 11.6 Å². The molecule has 0 aromatic heterocycles. The van der Waals surface area contributed by atoms with Gasteiger partial charge in [-0.25, -0.2) is 0 Å². The summed E-state index contributed by atoms with van der Waals surface area (Å²) in [6, 6.07) is 3.87. The Morgan fingerprint density at radius 1 is 1.18 bits per heavy atom. The van der Waals surface area contributed by atoms with Gasteiger partial charge < -0.3 is 5.32 Å². The Morgan fingerprint density at radius 3 is 2.00 bits per heavy atom. The summed E-state index contributed by atoms with van der Waals surface area (Å²) in [7, 11) is 0. The van der Waals surface area contributed by atoms with Crippen LogP contribution in [0.15, 0.2) is 12.1 Å². The van der Waals surface area contributed by atoms with Crippen LogP contribution < -0.4 is 5.32 Å². The Labute approximate surface area is 108 Å². The first-order chi connectivity index (χ1) is 7.82. The molecule has 94 valence electrons. The second kappa shape index (κ2) is 5.54. The minimum Gasteiger partial charge on any atom is -0.374 e. The van der Waals surface area contributed by atoms with Crippen molar-refractivity contribution in [2.24, 2.45) is 5.92 Å². The van der Waals surface area contributed by atoms with E-state index in [1.165, 1.54) is 5.56 Å². The monoisotopic (exact) mass is 253 g/mol. The van der Waals surface area contributed by atoms with E-state index in [0.29, 0.717) is 0 Å². The van der Waals surface area contributed by atoms with Gasteiger partial charge in [-0.1, -0.05) is 31.5 Å². The minimum absolute atomic E-state index is 0.167. The summed E-state index contributed by atoms with van der Waals surface area (Å²) in [6.07, 6.45) is 0. The van der Waals surface area contributed by atoms with Gasteiger partial charge in [0, 0.05) is 5.69 Å². The van der Waals surface area contributed by atoms with Crippen molar-refractivity contribution in [1.29, 1.82) is 0 Å². The van der Waals surface area contributed by atoms with Gasteiger partial charge in [0.2, 0.25) is 5.24 Å². The van der Waals surface area contributed by atoms with Crippen molar-refractivity contribution in [3.8, 4) is 0 Å². The lowest BCUT2D eigenvalue weighted by atomic mass is 10.0. The highest BCUT2D eigenvalue weighted by Gasteiger charge is 2.21. The molecule has 0 radical (unpaired) electrons. The van der Waals surface area contributed by atoms with Crippen LogP contribution in [-0.2, 0) is 4.79 Å². The minimum atomic E-state index is -0.336. The fourth-order valence-electron chi connectivity index (χ4n) is 2.05. The zero-order chi connectivity index (χ0) is 13.2. The molecule has 0 aliphatic carbocycles. The Balaban J connectivity index is 3.05. The van der Waals surface area contributed by atoms with Crippen LogP contribution in [-0.4, -0.2) is 11.3 Å². The zero-order valence-corrected chi connectivity index (χ0v) is 11.9. The maximum Gasteiger partial charge on any atom is 0.244 e. The van der Waals surface area contributed by atoms with Crippen molar-refractivity contribution in [1.82, 2.24) is 0 Å². The van der Waals surface area contributed by atoms with Gasteiger partial charge in [0.05, 0.1) is 0 Å². The van der Waals surface area contributed by atoms with E-state index in [1.807, 2.05) is 27.7 Å². The SMILES string of the molecule is Cc1cc(C)c(NC(C(=O)Cl)C(C)C)c(C)c1. The van der Waals surface area contributed by atoms with Gasteiger partial charge in [0.15, 0.2) is 0 Å². The van der Waals surface area contributed by atoms with E-state index in [4.69, 9.17) is 11.6 Å². The molecule has 0 aliphatic heterocycles. The van der Waals surface area contributed by atoms with E-state index in [-0.39, 0.29) is 17.2 Å². The molecule has 1 rings (SSSR count). The lowest BCUT2D eigenvalue weighted by Gasteiger charge is -2.22. The van der Waals surface area contributed by atoms with E-state index in [9.17, 15) is 4.79 Å². The van der Waals surface area contributed by atoms with Crippen molar-refractivity contribution in [2.75, 3.05) is 5.32 Å². The number of carbonyl (C=O) groups excluding carboxylic acids is 1. The molecule has 1 aromatic rings. The Morgan fingerprint density at radius 2 is 1.65 bits per heavy atom. The Bertz CT molecular complexity index is 403. The summed E-state index contributed by atoms with van der Waals surface area (Å²) in [5.74, 6) is 0.167. The molecule has 0 amide bonds. The third kappa shape index (κ3) is 3.47. The maximum absolute atomic E-state index is 11.4. The number of nitrogens with one attached hydrogen (secondary N) is 1. The summed E-state index contributed by atoms with van der Waals surface area (Å²) >= 11 is 5.62. The number of rotatable bonds is 4. The molecule has 0 saturated heterocycles. The van der Waals surface area contributed by atoms with E-state index < -0.39 is 0 Å². The number of halogens is 1. The van der Waals surface area contributed by atoms with Crippen LogP contribution in [0.1, 0.15) is 30.5 Å². The van der Waals surface area contributed by atoms with Crippen LogP contribution in [0.4, 0.5) is 5.69 Å². The van der Waals surface area contributed by atoms with Crippen LogP contribution in [0.2, 0.25) is 0 Å². The summed E-state index contributed by atoms with van der Waals surface area (Å²) < 4.78 is 0. The molecule has 0 bridgehead atoms. The van der Waals surface area contributed by atoms with Gasteiger partial charge in [0.1, 0.15) is 6.04 Å². The molecule has 2 nitrogen and oxygen atoms in total. The molecule has 3 heteroatoms. The summed E-state index contributed by atoms with van der Waals surface area (Å²) in [4.78, 5) is 11.4. The van der Waals surface area contributed by atoms with Crippen molar-refractivity contribution in [2.45, 2.75) is 40.7 Å². The molecular formula is C14H20ClNO. The second-order valence-electron chi connectivity index (χ2n) is 4.94. The number of anilines is 1. The molecule has 1 aromatic carbocycles. The molecule has 17 heavy (non-hydrogen) atoms. The van der Waals surface area contributed by atoms with Gasteiger partial charge in [-0.05, 0) is 49.4 Å². The highest BCUT2D eigenvalue weighted by atomic mass is 35.5. The van der Waals surface area contributed by atoms with Crippen LogP contribution in [0.25, 0.3) is 0 Å². The lowest BCUT2D eigenvalue weighted by Crippen LogP contribution is -2.32. The molecule has 0 saturated carbocycles. The van der Waals surface area contributed by atoms with E-state index >= 15 is 0 Å². The first kappa shape index (κ1) is 14.0. The largest absolute Gasteiger partial charge is 0.374 e. The molecular weight excluding hydrogens is 234 g/mol. The van der Waals surface area contributed by atoms with Gasteiger partial charge in [-0.15, -0.1) is 0 Å². The zero-order valence-electron chi connectivity index (χ0n) is 11.1. The van der Waals surface area contributed by atoms with Crippen molar-refractivity contribution in [3.05, 3.63) is 28.8 Å². The fraction of sp³-hybridized carbons (Fsp3) is 0.500. The molecule has 0 spiro atoms. The van der Waals surface area contributed by atoms with Crippen molar-refractivity contribution in [3.63, 3.8) is 0 Å². The van der Waals surface area contributed by atoms with Gasteiger partial charge in [-0.3, -0.25) is 4.79 Å². The standard InChI is InChI=1S/C14H20ClNO/c1-8(2)12(14(15)17)16-13-10(4)6-9(3)7-11(13)5/h6-8,12,16H,1-5H3. The van der Waals surface area contributed by atoms with E-state index in [0.717, 1.165) is 16.8 Å². The van der Waals surface area contributed by atoms with Crippen molar-refractivity contribution >= 4 is 22.5 Å². The summed E-state index contributed by atoms with van der Waals surface area (Å²) in [6.45, 7) is 10.1. The van der Waals surface area contributed by atoms with Crippen LogP contribution in [0.3, 0.4) is 0 Å². The smallest absolute Gasteiger partial charge is 0.244 e. The first-order valence-electron chi connectivity index (χ1n) is 5.86. The molecule has 0 fully saturated rings. The topological polar surface area (TPSA) is 29.1 Å². The normalized spacial score (nSPS) is 12.6. The average Bonchev–Trinajstić information content (AvgIpc) is 2.14. The third-order valence-electron chi connectivity index (χ3n) is 2.89. The Kier molecular flexibility index (Phi) is 4.58. The van der Waals surface area contributed by atoms with Gasteiger partial charge in [-0.2, -0.15) is 0 Å². The number of aryl methyl sites for hydroxylation is 3. The number of carbonyl (C=O) groups is 1. The number of hydrogen-bond acceptors (Lipinski definition) is 2. The van der Waals surface area contributed by atoms with E-state index in [2.05, 4.69) is 24.4 Å². The maximum atomic E-state index is 11.4. The predicted octanol–water partition coefficient (Wildman–Crippen LogP) is 3.81. The quantitative estimate of drug-likeness (QED) is 0.827. The molecule has 1 atom stereocenters. The van der Waals surface area contributed by atoms with Crippen LogP contribution in [0, 0.1) is 26.7 Å². The highest BCUT2D eigenvalue weighted by molar-refractivity contribution is 6.65. The first-order valence-corrected chi connectivity index (χ1v) is 6.24. The average molecular weight is 254 g/mol. The molecule has 0 aliphatic rings. The highest BCUT2D eigenvalue weighted by Crippen LogP contribution is 2.24. The third-order valence-corrected chi connectivity index (χ3v) is 3.12. The predicted molar refractivity (Wildman–Crippen MR) is 73.8 cm³/mol. The fourth-order valence-corrected chi connectivity index (χ4v) is 2.36. The second-order valence-corrected chi connectivity index (χ2v) is 5.32.